The molecule has 0 amide bonds. The smallest absolute Gasteiger partial charge is 0.275 e. The monoisotopic (exact) mass is 501 g/mol. The number of aliphatic hydroxyl groups is 2. The molecule has 1 aliphatic carbocycles. The summed E-state index contributed by atoms with van der Waals surface area (Å²) in [5.74, 6) is -1.04. The van der Waals surface area contributed by atoms with E-state index in [0.717, 1.165) is 36.5 Å². The molecule has 1 aromatic heterocycles. The molecule has 2 aliphatic rings. The van der Waals surface area contributed by atoms with Gasteiger partial charge in [-0.3, -0.25) is 9.89 Å². The Bertz CT molecular complexity index is 1340. The lowest BCUT2D eigenvalue weighted by Gasteiger charge is -2.46. The number of rotatable bonds is 7. The summed E-state index contributed by atoms with van der Waals surface area (Å²) in [6.45, 7) is 11.5. The van der Waals surface area contributed by atoms with E-state index < -0.39 is 24.0 Å². The van der Waals surface area contributed by atoms with Gasteiger partial charge in [-0.15, -0.1) is 0 Å². The van der Waals surface area contributed by atoms with Gasteiger partial charge in [0, 0.05) is 46.4 Å². The third-order valence-electron chi connectivity index (χ3n) is 8.29. The van der Waals surface area contributed by atoms with Crippen molar-refractivity contribution in [3.63, 3.8) is 0 Å². The van der Waals surface area contributed by atoms with Gasteiger partial charge in [0.2, 0.25) is 0 Å². The summed E-state index contributed by atoms with van der Waals surface area (Å²) >= 11 is 0. The summed E-state index contributed by atoms with van der Waals surface area (Å²) in [7, 11) is 0. The highest BCUT2D eigenvalue weighted by atomic mass is 16.3. The zero-order valence-electron chi connectivity index (χ0n) is 22.5. The zero-order valence-corrected chi connectivity index (χ0v) is 22.5. The fourth-order valence-electron chi connectivity index (χ4n) is 6.14. The number of allylic oxidation sites excluding steroid dienone is 1. The molecular formula is C31H39N3O3. The predicted octanol–water partition coefficient (Wildman–Crippen LogP) is 5.21. The molecule has 2 unspecified atom stereocenters. The van der Waals surface area contributed by atoms with Crippen LogP contribution in [-0.2, 0) is 5.41 Å². The van der Waals surface area contributed by atoms with E-state index in [1.54, 1.807) is 0 Å². The Morgan fingerprint density at radius 2 is 1.68 bits per heavy atom. The number of H-pyrrole nitrogens is 1. The molecule has 0 radical (unpaired) electrons. The number of aromatic nitrogens is 2. The lowest BCUT2D eigenvalue weighted by atomic mass is 9.64. The van der Waals surface area contributed by atoms with Crippen LogP contribution in [0, 0.1) is 5.92 Å². The fraction of sp³-hybridized carbons (Fsp3) is 0.452. The number of unbranched alkanes of at least 4 members (excludes halogenated alkanes) is 1. The van der Waals surface area contributed by atoms with Gasteiger partial charge in [-0.1, -0.05) is 83.5 Å². The summed E-state index contributed by atoms with van der Waals surface area (Å²) in [5, 5.41) is 26.1. The summed E-state index contributed by atoms with van der Waals surface area (Å²) in [4.78, 5) is 15.9. The van der Waals surface area contributed by atoms with Crippen molar-refractivity contribution in [1.82, 2.24) is 9.78 Å². The van der Waals surface area contributed by atoms with Gasteiger partial charge in [0.05, 0.1) is 17.9 Å². The van der Waals surface area contributed by atoms with Gasteiger partial charge < -0.3 is 15.1 Å². The lowest BCUT2D eigenvalue weighted by molar-refractivity contribution is -0.0953. The molecule has 0 bridgehead atoms. The highest BCUT2D eigenvalue weighted by Gasteiger charge is 2.52. The van der Waals surface area contributed by atoms with Crippen LogP contribution in [0.3, 0.4) is 0 Å². The largest absolute Gasteiger partial charge is 0.392 e. The van der Waals surface area contributed by atoms with Gasteiger partial charge in [-0.2, -0.15) is 0 Å². The molecule has 6 nitrogen and oxygen atoms in total. The zero-order chi connectivity index (χ0) is 26.5. The minimum absolute atomic E-state index is 0.0391. The van der Waals surface area contributed by atoms with Crippen molar-refractivity contribution in [3.05, 3.63) is 93.5 Å². The molecule has 3 N–H and O–H groups in total. The van der Waals surface area contributed by atoms with E-state index in [2.05, 4.69) is 61.1 Å². The van der Waals surface area contributed by atoms with Gasteiger partial charge in [0.15, 0.2) is 0 Å². The summed E-state index contributed by atoms with van der Waals surface area (Å²) in [6, 6.07) is 17.9. The Morgan fingerprint density at radius 1 is 1.03 bits per heavy atom. The molecule has 196 valence electrons. The predicted molar refractivity (Wildman–Crippen MR) is 149 cm³/mol. The van der Waals surface area contributed by atoms with E-state index in [1.165, 1.54) is 15.9 Å². The third-order valence-corrected chi connectivity index (χ3v) is 8.29. The second kappa shape index (κ2) is 9.66. The van der Waals surface area contributed by atoms with Crippen molar-refractivity contribution < 1.29 is 10.2 Å². The first-order valence-corrected chi connectivity index (χ1v) is 13.5. The lowest BCUT2D eigenvalue weighted by Crippen LogP contribution is -2.54. The molecule has 0 saturated heterocycles. The van der Waals surface area contributed by atoms with Crippen molar-refractivity contribution in [2.24, 2.45) is 5.92 Å². The fourth-order valence-corrected chi connectivity index (χ4v) is 6.14. The minimum Gasteiger partial charge on any atom is -0.392 e. The molecule has 6 heteroatoms. The molecule has 2 aromatic carbocycles. The van der Waals surface area contributed by atoms with Crippen LogP contribution in [0.1, 0.15) is 76.1 Å². The van der Waals surface area contributed by atoms with Crippen molar-refractivity contribution in [1.29, 1.82) is 0 Å². The van der Waals surface area contributed by atoms with Crippen LogP contribution in [-0.4, -0.2) is 38.7 Å². The molecule has 0 spiro atoms. The molecule has 5 rings (SSSR count). The number of nitrogens with one attached hydrogen (secondary N) is 1. The molecule has 2 atom stereocenters. The minimum atomic E-state index is -0.847. The second-order valence-corrected chi connectivity index (χ2v) is 11.4. The third kappa shape index (κ3) is 4.07. The molecule has 1 aliphatic heterocycles. The van der Waals surface area contributed by atoms with Crippen LogP contribution in [0.5, 0.6) is 0 Å². The molecule has 1 saturated carbocycles. The van der Waals surface area contributed by atoms with E-state index in [-0.39, 0.29) is 16.9 Å². The average Bonchev–Trinajstić information content (AvgIpc) is 3.33. The maximum absolute atomic E-state index is 13.6. The van der Waals surface area contributed by atoms with Gasteiger partial charge in [-0.25, -0.2) is 4.68 Å². The maximum atomic E-state index is 13.6. The van der Waals surface area contributed by atoms with Crippen molar-refractivity contribution in [2.45, 2.75) is 76.9 Å². The number of benzene rings is 2. The van der Waals surface area contributed by atoms with Crippen LogP contribution < -0.4 is 10.5 Å². The number of anilines is 1. The molecule has 1 fully saturated rings. The van der Waals surface area contributed by atoms with Gasteiger partial charge in [0.1, 0.15) is 0 Å². The van der Waals surface area contributed by atoms with E-state index in [0.29, 0.717) is 5.56 Å². The first-order chi connectivity index (χ1) is 17.7. The number of fused-ring (bicyclic) bond motifs is 1. The number of hydrogen-bond donors (Lipinski definition) is 3. The van der Waals surface area contributed by atoms with Crippen molar-refractivity contribution in [2.75, 3.05) is 11.4 Å². The Kier molecular flexibility index (Phi) is 6.67. The van der Waals surface area contributed by atoms with Crippen LogP contribution >= 0.6 is 0 Å². The van der Waals surface area contributed by atoms with Gasteiger partial charge in [-0.05, 0) is 36.1 Å². The molecule has 2 heterocycles. The standard InChI is InChI=1S/C31H39N3O3/c1-6-7-17-33-23-16-12-11-15-22(23)31(4,5)24(33)18-21-28(35)26(29(21)36)25-27(19(2)3)32-34(30(25)37)20-13-9-8-10-14-20/h8-16,18-19,21,26,28-29,32,35-36H,6-7,17H2,1-5H3. The molecular weight excluding hydrogens is 462 g/mol. The number of aromatic amines is 1. The van der Waals surface area contributed by atoms with Gasteiger partial charge in [0.25, 0.3) is 5.56 Å². The second-order valence-electron chi connectivity index (χ2n) is 11.4. The van der Waals surface area contributed by atoms with E-state index >= 15 is 0 Å². The highest BCUT2D eigenvalue weighted by molar-refractivity contribution is 5.70. The quantitative estimate of drug-likeness (QED) is 0.415. The summed E-state index contributed by atoms with van der Waals surface area (Å²) < 4.78 is 1.53. The first-order valence-electron chi connectivity index (χ1n) is 13.5. The van der Waals surface area contributed by atoms with E-state index in [4.69, 9.17) is 0 Å². The van der Waals surface area contributed by atoms with Crippen LogP contribution in [0.25, 0.3) is 5.69 Å². The highest BCUT2D eigenvalue weighted by Crippen LogP contribution is 2.51. The van der Waals surface area contributed by atoms with Crippen LogP contribution in [0.2, 0.25) is 0 Å². The number of hydrogen-bond acceptors (Lipinski definition) is 4. The van der Waals surface area contributed by atoms with Crippen LogP contribution in [0.4, 0.5) is 5.69 Å². The normalized spacial score (nSPS) is 25.5. The number of nitrogens with zero attached hydrogens (tertiary/aromatic N) is 2. The summed E-state index contributed by atoms with van der Waals surface area (Å²) in [5.41, 5.74) is 5.12. The maximum Gasteiger partial charge on any atom is 0.275 e. The first kappa shape index (κ1) is 25.6. The SMILES string of the molecule is CCCCN1C(=CC2C(O)C(c3c(C(C)C)[nH]n(-c4ccccc4)c3=O)C2O)C(C)(C)c2ccccc21. The topological polar surface area (TPSA) is 81.5 Å². The average molecular weight is 502 g/mol. The number of aliphatic hydroxyl groups excluding tert-OH is 2. The van der Waals surface area contributed by atoms with E-state index in [9.17, 15) is 15.0 Å². The van der Waals surface area contributed by atoms with Crippen LogP contribution in [0.15, 0.2) is 71.2 Å². The van der Waals surface area contributed by atoms with Gasteiger partial charge >= 0.3 is 0 Å². The number of para-hydroxylation sites is 2. The summed E-state index contributed by atoms with van der Waals surface area (Å²) in [6.07, 6.45) is 2.52. The Labute approximate surface area is 219 Å². The Morgan fingerprint density at radius 3 is 2.32 bits per heavy atom. The Balaban J connectivity index is 1.51. The molecule has 3 aromatic rings. The van der Waals surface area contributed by atoms with Crippen molar-refractivity contribution >= 4 is 5.69 Å². The van der Waals surface area contributed by atoms with E-state index in [1.807, 2.05) is 44.2 Å². The Hall–Kier alpha value is -3.09. The van der Waals surface area contributed by atoms with Crippen molar-refractivity contribution in [3.8, 4) is 5.69 Å². The molecule has 37 heavy (non-hydrogen) atoms.